The Hall–Kier alpha value is -1.43. The van der Waals surface area contributed by atoms with Gasteiger partial charge in [0.25, 0.3) is 0 Å². The number of nitrogens with one attached hydrogen (secondary N) is 1. The summed E-state index contributed by atoms with van der Waals surface area (Å²) in [7, 11) is 0. The van der Waals surface area contributed by atoms with Crippen LogP contribution in [-0.4, -0.2) is 25.1 Å². The predicted octanol–water partition coefficient (Wildman–Crippen LogP) is 3.40. The van der Waals surface area contributed by atoms with Crippen molar-refractivity contribution in [2.45, 2.75) is 19.5 Å². The van der Waals surface area contributed by atoms with Crippen LogP contribution in [0.2, 0.25) is 5.02 Å². The highest BCUT2D eigenvalue weighted by Gasteiger charge is 2.31. The standard InChI is InChI=1S/C12H15ClF3N3/c1-2-5-19(7-12(14,15)16)10-4-3-8(13)6-9(10)11(17)18/h3-4,6H,2,5,7H2,1H3,(H3,17,18). The van der Waals surface area contributed by atoms with Crippen molar-refractivity contribution in [2.75, 3.05) is 18.0 Å². The maximum atomic E-state index is 12.6. The molecule has 0 fully saturated rings. The molecule has 106 valence electrons. The average molecular weight is 294 g/mol. The second-order valence-corrected chi connectivity index (χ2v) is 4.55. The number of rotatable bonds is 5. The zero-order chi connectivity index (χ0) is 14.6. The number of amidine groups is 1. The SMILES string of the molecule is CCCN(CC(F)(F)F)c1ccc(Cl)cc1C(=N)N. The molecule has 0 saturated heterocycles. The van der Waals surface area contributed by atoms with Crippen LogP contribution in [0.3, 0.4) is 0 Å². The summed E-state index contributed by atoms with van der Waals surface area (Å²) in [6.45, 7) is 0.927. The van der Waals surface area contributed by atoms with E-state index >= 15 is 0 Å². The molecular formula is C12H15ClF3N3. The van der Waals surface area contributed by atoms with Gasteiger partial charge in [-0.05, 0) is 24.6 Å². The smallest absolute Gasteiger partial charge is 0.384 e. The number of benzene rings is 1. The van der Waals surface area contributed by atoms with Gasteiger partial charge in [-0.1, -0.05) is 18.5 Å². The molecular weight excluding hydrogens is 279 g/mol. The van der Waals surface area contributed by atoms with E-state index in [1.54, 1.807) is 6.92 Å². The van der Waals surface area contributed by atoms with Gasteiger partial charge < -0.3 is 10.6 Å². The van der Waals surface area contributed by atoms with Crippen molar-refractivity contribution in [3.05, 3.63) is 28.8 Å². The van der Waals surface area contributed by atoms with Crippen LogP contribution < -0.4 is 10.6 Å². The summed E-state index contributed by atoms with van der Waals surface area (Å²) in [6, 6.07) is 4.35. The Labute approximate surface area is 114 Å². The molecule has 0 spiro atoms. The number of nitrogen functional groups attached to an aromatic ring is 1. The van der Waals surface area contributed by atoms with Gasteiger partial charge in [-0.2, -0.15) is 13.2 Å². The van der Waals surface area contributed by atoms with Gasteiger partial charge in [-0.3, -0.25) is 5.41 Å². The summed E-state index contributed by atoms with van der Waals surface area (Å²) in [5.74, 6) is -0.305. The minimum Gasteiger partial charge on any atom is -0.384 e. The first kappa shape index (κ1) is 15.6. The zero-order valence-electron chi connectivity index (χ0n) is 10.4. The largest absolute Gasteiger partial charge is 0.405 e. The molecule has 1 aromatic carbocycles. The van der Waals surface area contributed by atoms with E-state index in [0.29, 0.717) is 11.4 Å². The van der Waals surface area contributed by atoms with Crippen molar-refractivity contribution in [2.24, 2.45) is 5.73 Å². The molecule has 3 N–H and O–H groups in total. The molecule has 0 atom stereocenters. The molecule has 1 aromatic rings. The molecule has 0 heterocycles. The summed E-state index contributed by atoms with van der Waals surface area (Å²) in [5.41, 5.74) is 5.89. The van der Waals surface area contributed by atoms with Crippen LogP contribution in [-0.2, 0) is 0 Å². The molecule has 0 amide bonds. The lowest BCUT2D eigenvalue weighted by molar-refractivity contribution is -0.119. The Morgan fingerprint density at radius 1 is 1.42 bits per heavy atom. The highest BCUT2D eigenvalue weighted by Crippen LogP contribution is 2.27. The quantitative estimate of drug-likeness (QED) is 0.646. The summed E-state index contributed by atoms with van der Waals surface area (Å²) in [4.78, 5) is 1.16. The van der Waals surface area contributed by atoms with Gasteiger partial charge in [0.05, 0.1) is 0 Å². The molecule has 0 aliphatic carbocycles. The molecule has 0 bridgehead atoms. The lowest BCUT2D eigenvalue weighted by atomic mass is 10.1. The first-order chi connectivity index (χ1) is 8.74. The molecule has 7 heteroatoms. The number of halogens is 4. The fourth-order valence-corrected chi connectivity index (χ4v) is 1.94. The van der Waals surface area contributed by atoms with Gasteiger partial charge in [0.2, 0.25) is 0 Å². The zero-order valence-corrected chi connectivity index (χ0v) is 11.1. The Balaban J connectivity index is 3.18. The van der Waals surface area contributed by atoms with E-state index in [1.165, 1.54) is 18.2 Å². The maximum absolute atomic E-state index is 12.6. The minimum absolute atomic E-state index is 0.213. The monoisotopic (exact) mass is 293 g/mol. The van der Waals surface area contributed by atoms with Crippen molar-refractivity contribution in [3.63, 3.8) is 0 Å². The molecule has 19 heavy (non-hydrogen) atoms. The van der Waals surface area contributed by atoms with Crippen molar-refractivity contribution in [1.82, 2.24) is 0 Å². The summed E-state index contributed by atoms with van der Waals surface area (Å²) in [6.07, 6.45) is -3.76. The van der Waals surface area contributed by atoms with E-state index in [4.69, 9.17) is 22.7 Å². The molecule has 0 aliphatic rings. The fraction of sp³-hybridized carbons (Fsp3) is 0.417. The topological polar surface area (TPSA) is 53.1 Å². The highest BCUT2D eigenvalue weighted by atomic mass is 35.5. The summed E-state index contributed by atoms with van der Waals surface area (Å²) >= 11 is 5.78. The van der Waals surface area contributed by atoms with Gasteiger partial charge in [0, 0.05) is 22.8 Å². The third-order valence-corrected chi connectivity index (χ3v) is 2.69. The molecule has 0 radical (unpaired) electrons. The van der Waals surface area contributed by atoms with Gasteiger partial charge in [0.1, 0.15) is 12.4 Å². The van der Waals surface area contributed by atoms with Crippen LogP contribution in [0.15, 0.2) is 18.2 Å². The molecule has 1 rings (SSSR count). The van der Waals surface area contributed by atoms with E-state index in [-0.39, 0.29) is 23.6 Å². The summed E-state index contributed by atoms with van der Waals surface area (Å²) < 4.78 is 37.7. The molecule has 3 nitrogen and oxygen atoms in total. The van der Waals surface area contributed by atoms with Crippen LogP contribution in [0.1, 0.15) is 18.9 Å². The van der Waals surface area contributed by atoms with Gasteiger partial charge in [-0.15, -0.1) is 0 Å². The van der Waals surface area contributed by atoms with Crippen LogP contribution >= 0.6 is 11.6 Å². The second-order valence-electron chi connectivity index (χ2n) is 4.11. The number of nitrogens with two attached hydrogens (primary N) is 1. The Morgan fingerprint density at radius 3 is 2.53 bits per heavy atom. The van der Waals surface area contributed by atoms with E-state index in [0.717, 1.165) is 4.90 Å². The van der Waals surface area contributed by atoms with E-state index in [1.807, 2.05) is 0 Å². The molecule has 0 aliphatic heterocycles. The van der Waals surface area contributed by atoms with Crippen LogP contribution in [0, 0.1) is 5.41 Å². The third-order valence-electron chi connectivity index (χ3n) is 2.45. The first-order valence-electron chi connectivity index (χ1n) is 5.70. The minimum atomic E-state index is -4.32. The Morgan fingerprint density at radius 2 is 2.05 bits per heavy atom. The van der Waals surface area contributed by atoms with Crippen molar-refractivity contribution < 1.29 is 13.2 Å². The molecule has 0 saturated carbocycles. The Kier molecular flexibility index (Phi) is 5.05. The van der Waals surface area contributed by atoms with E-state index in [2.05, 4.69) is 0 Å². The number of hydrogen-bond donors (Lipinski definition) is 2. The summed E-state index contributed by atoms with van der Waals surface area (Å²) in [5, 5.41) is 7.77. The number of nitrogens with zero attached hydrogens (tertiary/aromatic N) is 1. The Bertz CT molecular complexity index is 460. The van der Waals surface area contributed by atoms with Crippen LogP contribution in [0.5, 0.6) is 0 Å². The second kappa shape index (κ2) is 6.14. The van der Waals surface area contributed by atoms with Crippen molar-refractivity contribution >= 4 is 23.1 Å². The van der Waals surface area contributed by atoms with Crippen molar-refractivity contribution in [1.29, 1.82) is 5.41 Å². The predicted molar refractivity (Wildman–Crippen MR) is 71.0 cm³/mol. The number of alkyl halides is 3. The van der Waals surface area contributed by atoms with Crippen LogP contribution in [0.4, 0.5) is 18.9 Å². The highest BCUT2D eigenvalue weighted by molar-refractivity contribution is 6.31. The van der Waals surface area contributed by atoms with Gasteiger partial charge in [-0.25, -0.2) is 0 Å². The van der Waals surface area contributed by atoms with Gasteiger partial charge >= 0.3 is 6.18 Å². The van der Waals surface area contributed by atoms with E-state index in [9.17, 15) is 13.2 Å². The van der Waals surface area contributed by atoms with Gasteiger partial charge in [0.15, 0.2) is 0 Å². The lowest BCUT2D eigenvalue weighted by Crippen LogP contribution is -2.36. The van der Waals surface area contributed by atoms with E-state index < -0.39 is 12.7 Å². The third kappa shape index (κ3) is 4.63. The molecule has 0 aromatic heterocycles. The maximum Gasteiger partial charge on any atom is 0.405 e. The lowest BCUT2D eigenvalue weighted by Gasteiger charge is -2.27. The number of anilines is 1. The normalized spacial score (nSPS) is 11.4. The molecule has 0 unspecified atom stereocenters. The average Bonchev–Trinajstić information content (AvgIpc) is 2.26. The van der Waals surface area contributed by atoms with Crippen LogP contribution in [0.25, 0.3) is 0 Å². The number of hydrogen-bond acceptors (Lipinski definition) is 2. The fourth-order valence-electron chi connectivity index (χ4n) is 1.77. The first-order valence-corrected chi connectivity index (χ1v) is 6.08. The van der Waals surface area contributed by atoms with Crippen molar-refractivity contribution in [3.8, 4) is 0 Å².